The van der Waals surface area contributed by atoms with Crippen LogP contribution in [0, 0.1) is 6.07 Å². The number of carbonyl (C=O) groups is 1. The van der Waals surface area contributed by atoms with E-state index in [0.29, 0.717) is 27.6 Å². The molecule has 5 rings (SSSR count). The van der Waals surface area contributed by atoms with Gasteiger partial charge in [-0.25, -0.2) is 0 Å². The number of amides is 1. The molecular weight excluding hydrogens is 417 g/mol. The van der Waals surface area contributed by atoms with Crippen LogP contribution >= 0.6 is 0 Å². The predicted octanol–water partition coefficient (Wildman–Crippen LogP) is 6.02. The lowest BCUT2D eigenvalue weighted by Crippen LogP contribution is -2.12. The third-order valence-electron chi connectivity index (χ3n) is 5.52. The molecule has 2 N–H and O–H groups in total. The molecule has 0 spiro atoms. The number of fused-ring (bicyclic) bond motifs is 3. The second-order valence-electron chi connectivity index (χ2n) is 7.43. The van der Waals surface area contributed by atoms with Crippen LogP contribution in [-0.2, 0) is 12.7 Å². The number of nitrogens with zero attached hydrogens (tertiary/aromatic N) is 1. The quantitative estimate of drug-likeness (QED) is 0.377. The summed E-state index contributed by atoms with van der Waals surface area (Å²) in [7, 11) is 0. The van der Waals surface area contributed by atoms with Crippen molar-refractivity contribution < 1.29 is 22.4 Å². The molecule has 3 aromatic carbocycles. The number of primary amides is 1. The van der Waals surface area contributed by atoms with Crippen molar-refractivity contribution in [3.05, 3.63) is 95.7 Å². The minimum absolute atomic E-state index is 0.0483. The van der Waals surface area contributed by atoms with Crippen LogP contribution < -0.4 is 5.73 Å². The van der Waals surface area contributed by atoms with E-state index < -0.39 is 17.6 Å². The molecule has 159 valence electrons. The third kappa shape index (κ3) is 3.22. The van der Waals surface area contributed by atoms with Crippen molar-refractivity contribution in [3.8, 4) is 11.3 Å². The van der Waals surface area contributed by atoms with Crippen molar-refractivity contribution in [2.45, 2.75) is 12.7 Å². The van der Waals surface area contributed by atoms with E-state index in [1.54, 1.807) is 53.3 Å². The Morgan fingerprint density at radius 3 is 2.56 bits per heavy atom. The summed E-state index contributed by atoms with van der Waals surface area (Å²) in [6, 6.07) is 20.8. The Bertz CT molecular complexity index is 1460. The number of alkyl halides is 3. The zero-order chi connectivity index (χ0) is 22.5. The number of halogens is 3. The minimum atomic E-state index is -4.49. The average Bonchev–Trinajstić information content (AvgIpc) is 3.40. The van der Waals surface area contributed by atoms with Gasteiger partial charge in [0, 0.05) is 28.4 Å². The van der Waals surface area contributed by atoms with Crippen LogP contribution in [0.25, 0.3) is 33.1 Å². The van der Waals surface area contributed by atoms with E-state index in [9.17, 15) is 18.0 Å². The highest BCUT2D eigenvalue weighted by Gasteiger charge is 2.33. The fraction of sp³-hybridized carbons (Fsp3) is 0.0800. The third-order valence-corrected chi connectivity index (χ3v) is 5.52. The first-order valence-electron chi connectivity index (χ1n) is 9.80. The van der Waals surface area contributed by atoms with Crippen molar-refractivity contribution in [2.24, 2.45) is 5.73 Å². The largest absolute Gasteiger partial charge is 0.464 e. The second-order valence-corrected chi connectivity index (χ2v) is 7.43. The zero-order valence-electron chi connectivity index (χ0n) is 16.6. The lowest BCUT2D eigenvalue weighted by molar-refractivity contribution is -0.138. The summed E-state index contributed by atoms with van der Waals surface area (Å²) < 4.78 is 48.1. The van der Waals surface area contributed by atoms with Gasteiger partial charge in [0.05, 0.1) is 22.9 Å². The van der Waals surface area contributed by atoms with Gasteiger partial charge in [-0.15, -0.1) is 0 Å². The van der Waals surface area contributed by atoms with Crippen LogP contribution in [0.5, 0.6) is 0 Å². The number of nitrogens with two attached hydrogens (primary N) is 1. The molecular formula is C25H16F3N2O2. The molecule has 5 aromatic rings. The summed E-state index contributed by atoms with van der Waals surface area (Å²) in [5, 5.41) is 1.17. The van der Waals surface area contributed by atoms with E-state index in [1.807, 2.05) is 6.07 Å². The Hall–Kier alpha value is -4.00. The molecule has 0 bridgehead atoms. The number of furan rings is 1. The Morgan fingerprint density at radius 1 is 1.03 bits per heavy atom. The van der Waals surface area contributed by atoms with Gasteiger partial charge in [-0.3, -0.25) is 4.79 Å². The molecule has 2 heterocycles. The molecule has 1 radical (unpaired) electrons. The number of hydrogen-bond donors (Lipinski definition) is 1. The molecule has 7 heteroatoms. The molecule has 0 saturated carbocycles. The first kappa shape index (κ1) is 19.9. The van der Waals surface area contributed by atoms with E-state index in [0.717, 1.165) is 11.6 Å². The molecule has 0 aliphatic carbocycles. The summed E-state index contributed by atoms with van der Waals surface area (Å²) >= 11 is 0. The lowest BCUT2D eigenvalue weighted by Gasteiger charge is -2.15. The van der Waals surface area contributed by atoms with E-state index in [-0.39, 0.29) is 17.7 Å². The number of benzene rings is 3. The normalized spacial score (nSPS) is 12.0. The van der Waals surface area contributed by atoms with Crippen LogP contribution in [0.2, 0.25) is 0 Å². The van der Waals surface area contributed by atoms with Crippen LogP contribution in [0.1, 0.15) is 21.5 Å². The molecule has 32 heavy (non-hydrogen) atoms. The highest BCUT2D eigenvalue weighted by atomic mass is 19.4. The summed E-state index contributed by atoms with van der Waals surface area (Å²) in [5.74, 6) is -0.0142. The number of hydrogen-bond acceptors (Lipinski definition) is 2. The van der Waals surface area contributed by atoms with Gasteiger partial charge in [0.2, 0.25) is 5.91 Å². The van der Waals surface area contributed by atoms with E-state index in [1.165, 1.54) is 12.1 Å². The maximum absolute atomic E-state index is 13.6. The van der Waals surface area contributed by atoms with Crippen molar-refractivity contribution in [1.82, 2.24) is 4.57 Å². The summed E-state index contributed by atoms with van der Waals surface area (Å²) in [5.41, 5.74) is 7.24. The van der Waals surface area contributed by atoms with Gasteiger partial charge in [0.15, 0.2) is 0 Å². The van der Waals surface area contributed by atoms with Crippen molar-refractivity contribution in [3.63, 3.8) is 0 Å². The van der Waals surface area contributed by atoms with Gasteiger partial charge in [-0.2, -0.15) is 13.2 Å². The average molecular weight is 433 g/mol. The highest BCUT2D eigenvalue weighted by molar-refractivity contribution is 6.18. The number of carbonyl (C=O) groups excluding carboxylic acids is 1. The topological polar surface area (TPSA) is 61.2 Å². The standard InChI is InChI=1S/C25H16F3N2O2/c26-25(27,28)19-7-2-1-5-16(19)14-30-20-8-3-6-18(24(29)31)23(20)17-11-10-15(13-21(17)30)22-9-4-12-32-22/h1-10,12-13H,14H2,(H2,29,31). The molecule has 2 aromatic heterocycles. The maximum Gasteiger partial charge on any atom is 0.416 e. The molecule has 0 fully saturated rings. The van der Waals surface area contributed by atoms with Crippen LogP contribution in [0.3, 0.4) is 0 Å². The molecule has 0 aliphatic rings. The van der Waals surface area contributed by atoms with E-state index in [4.69, 9.17) is 10.2 Å². The van der Waals surface area contributed by atoms with Gasteiger partial charge < -0.3 is 14.7 Å². The first-order chi connectivity index (χ1) is 15.3. The maximum atomic E-state index is 13.6. The monoisotopic (exact) mass is 433 g/mol. The van der Waals surface area contributed by atoms with Crippen molar-refractivity contribution in [1.29, 1.82) is 0 Å². The van der Waals surface area contributed by atoms with Crippen LogP contribution in [0.4, 0.5) is 13.2 Å². The minimum Gasteiger partial charge on any atom is -0.464 e. The van der Waals surface area contributed by atoms with E-state index >= 15 is 0 Å². The smallest absolute Gasteiger partial charge is 0.416 e. The summed E-state index contributed by atoms with van der Waals surface area (Å²) in [6.45, 7) is -0.0483. The molecule has 0 aliphatic heterocycles. The first-order valence-corrected chi connectivity index (χ1v) is 9.80. The molecule has 0 unspecified atom stereocenters. The van der Waals surface area contributed by atoms with Crippen LogP contribution in [0.15, 0.2) is 77.4 Å². The van der Waals surface area contributed by atoms with Gasteiger partial charge >= 0.3 is 6.18 Å². The highest BCUT2D eigenvalue weighted by Crippen LogP contribution is 2.37. The Kier molecular flexibility index (Phi) is 4.55. The zero-order valence-corrected chi connectivity index (χ0v) is 16.6. The van der Waals surface area contributed by atoms with Crippen LogP contribution in [-0.4, -0.2) is 10.5 Å². The van der Waals surface area contributed by atoms with Gasteiger partial charge in [-0.05, 0) is 54.1 Å². The summed E-state index contributed by atoms with van der Waals surface area (Å²) in [4.78, 5) is 12.1. The van der Waals surface area contributed by atoms with Gasteiger partial charge in [0.1, 0.15) is 5.76 Å². The SMILES string of the molecule is NC(=O)c1cccc2c1c1[c]cc(-c3ccco3)cc1n2Cc1ccccc1C(F)(F)F. The lowest BCUT2D eigenvalue weighted by atomic mass is 10.0. The van der Waals surface area contributed by atoms with Gasteiger partial charge in [0.25, 0.3) is 0 Å². The Morgan fingerprint density at radius 2 is 1.84 bits per heavy atom. The van der Waals surface area contributed by atoms with Crippen molar-refractivity contribution >= 4 is 27.7 Å². The Balaban J connectivity index is 1.81. The summed E-state index contributed by atoms with van der Waals surface area (Å²) in [6.07, 6.45) is -2.95. The predicted molar refractivity (Wildman–Crippen MR) is 115 cm³/mol. The fourth-order valence-corrected chi connectivity index (χ4v) is 4.12. The van der Waals surface area contributed by atoms with Crippen molar-refractivity contribution in [2.75, 3.05) is 0 Å². The molecule has 0 saturated heterocycles. The molecule has 0 atom stereocenters. The second kappa shape index (κ2) is 7.30. The number of rotatable bonds is 4. The fourth-order valence-electron chi connectivity index (χ4n) is 4.12. The molecule has 4 nitrogen and oxygen atoms in total. The van der Waals surface area contributed by atoms with E-state index in [2.05, 4.69) is 6.07 Å². The number of aromatic nitrogens is 1. The van der Waals surface area contributed by atoms with Gasteiger partial charge in [-0.1, -0.05) is 24.3 Å². The molecule has 1 amide bonds. The Labute approximate surface area is 180 Å².